The van der Waals surface area contributed by atoms with Crippen LogP contribution in [-0.4, -0.2) is 5.97 Å². The zero-order valence-corrected chi connectivity index (χ0v) is 10.1. The molecule has 1 aliphatic rings. The van der Waals surface area contributed by atoms with Crippen molar-refractivity contribution in [3.8, 4) is 0 Å². The fourth-order valence-corrected chi connectivity index (χ4v) is 2.86. The van der Waals surface area contributed by atoms with E-state index in [1.807, 2.05) is 36.4 Å². The summed E-state index contributed by atoms with van der Waals surface area (Å²) in [7, 11) is 0. The maximum Gasteiger partial charge on any atom is 0.303 e. The van der Waals surface area contributed by atoms with Crippen LogP contribution in [0.25, 0.3) is 10.8 Å². The lowest BCUT2D eigenvalue weighted by atomic mass is 10.1. The molecular weight excluding hydrogens is 236 g/mol. The van der Waals surface area contributed by atoms with E-state index in [9.17, 15) is 4.79 Å². The van der Waals surface area contributed by atoms with Gasteiger partial charge in [0.05, 0.1) is 0 Å². The van der Waals surface area contributed by atoms with Crippen molar-refractivity contribution in [3.05, 3.63) is 47.5 Å². The van der Waals surface area contributed by atoms with E-state index < -0.39 is 0 Å². The highest BCUT2D eigenvalue weighted by Gasteiger charge is 2.34. The molecule has 0 saturated carbocycles. The van der Waals surface area contributed by atoms with Gasteiger partial charge in [0.15, 0.2) is 0 Å². The van der Waals surface area contributed by atoms with Gasteiger partial charge in [-0.2, -0.15) is 0 Å². The maximum absolute atomic E-state index is 11.1. The van der Waals surface area contributed by atoms with Gasteiger partial charge in [-0.25, -0.2) is 0 Å². The SMILES string of the molecule is CC(=O)O[C@@H]1c2cccc3cccc(c23)[C@H]1Cl. The molecule has 0 aromatic heterocycles. The molecule has 0 bridgehead atoms. The minimum Gasteiger partial charge on any atom is -0.456 e. The molecule has 2 nitrogen and oxygen atoms in total. The Bertz CT molecular complexity index is 601. The molecule has 17 heavy (non-hydrogen) atoms. The monoisotopic (exact) mass is 246 g/mol. The summed E-state index contributed by atoms with van der Waals surface area (Å²) in [4.78, 5) is 11.1. The number of carbonyl (C=O) groups is 1. The molecule has 2 aromatic rings. The first-order valence-corrected chi connectivity index (χ1v) is 5.95. The zero-order chi connectivity index (χ0) is 12.0. The van der Waals surface area contributed by atoms with Crippen LogP contribution in [0.5, 0.6) is 0 Å². The molecule has 0 unspecified atom stereocenters. The third-order valence-electron chi connectivity index (χ3n) is 3.13. The summed E-state index contributed by atoms with van der Waals surface area (Å²) in [5, 5.41) is 1.97. The van der Waals surface area contributed by atoms with E-state index in [2.05, 4.69) is 0 Å². The predicted molar refractivity (Wildman–Crippen MR) is 67.0 cm³/mol. The largest absolute Gasteiger partial charge is 0.456 e. The normalized spacial score (nSPS) is 21.8. The summed E-state index contributed by atoms with van der Waals surface area (Å²) in [5.74, 6) is -0.301. The Kier molecular flexibility index (Phi) is 2.33. The van der Waals surface area contributed by atoms with Crippen molar-refractivity contribution in [1.29, 1.82) is 0 Å². The summed E-state index contributed by atoms with van der Waals surface area (Å²) in [6, 6.07) is 12.0. The average Bonchev–Trinajstić information content (AvgIpc) is 2.57. The Morgan fingerprint density at radius 1 is 1.18 bits per heavy atom. The lowest BCUT2D eigenvalue weighted by molar-refractivity contribution is -0.146. The van der Waals surface area contributed by atoms with Gasteiger partial charge in [-0.15, -0.1) is 11.6 Å². The fourth-order valence-electron chi connectivity index (χ4n) is 2.49. The lowest BCUT2D eigenvalue weighted by Gasteiger charge is -2.15. The van der Waals surface area contributed by atoms with Gasteiger partial charge in [0.2, 0.25) is 0 Å². The molecule has 0 saturated heterocycles. The summed E-state index contributed by atoms with van der Waals surface area (Å²) >= 11 is 6.38. The van der Waals surface area contributed by atoms with Crippen LogP contribution in [0.3, 0.4) is 0 Å². The number of rotatable bonds is 1. The molecular formula is C14H11ClO2. The van der Waals surface area contributed by atoms with Gasteiger partial charge in [0, 0.05) is 12.5 Å². The first-order chi connectivity index (χ1) is 8.18. The number of esters is 1. The van der Waals surface area contributed by atoms with E-state index in [-0.39, 0.29) is 17.5 Å². The third kappa shape index (κ3) is 1.52. The Balaban J connectivity index is 2.23. The Labute approximate surface area is 104 Å². The van der Waals surface area contributed by atoms with Crippen LogP contribution >= 0.6 is 11.6 Å². The van der Waals surface area contributed by atoms with Crippen molar-refractivity contribution in [1.82, 2.24) is 0 Å². The van der Waals surface area contributed by atoms with E-state index in [4.69, 9.17) is 16.3 Å². The van der Waals surface area contributed by atoms with Crippen molar-refractivity contribution in [3.63, 3.8) is 0 Å². The summed E-state index contributed by atoms with van der Waals surface area (Å²) in [5.41, 5.74) is 2.05. The molecule has 1 aliphatic carbocycles. The summed E-state index contributed by atoms with van der Waals surface area (Å²) < 4.78 is 5.33. The van der Waals surface area contributed by atoms with Crippen LogP contribution < -0.4 is 0 Å². The van der Waals surface area contributed by atoms with Crippen molar-refractivity contribution in [2.75, 3.05) is 0 Å². The molecule has 3 heteroatoms. The second-order valence-corrected chi connectivity index (χ2v) is 4.69. The number of ether oxygens (including phenoxy) is 1. The predicted octanol–water partition coefficient (Wildman–Crippen LogP) is 3.74. The quantitative estimate of drug-likeness (QED) is 0.566. The van der Waals surface area contributed by atoms with Crippen molar-refractivity contribution >= 4 is 28.3 Å². The molecule has 0 heterocycles. The van der Waals surface area contributed by atoms with E-state index in [1.54, 1.807) is 0 Å². The van der Waals surface area contributed by atoms with E-state index in [1.165, 1.54) is 6.92 Å². The van der Waals surface area contributed by atoms with Crippen LogP contribution in [-0.2, 0) is 9.53 Å². The van der Waals surface area contributed by atoms with Crippen molar-refractivity contribution < 1.29 is 9.53 Å². The van der Waals surface area contributed by atoms with Gasteiger partial charge in [-0.1, -0.05) is 36.4 Å². The van der Waals surface area contributed by atoms with Crippen LogP contribution in [0, 0.1) is 0 Å². The van der Waals surface area contributed by atoms with Gasteiger partial charge in [-0.05, 0) is 16.3 Å². The highest BCUT2D eigenvalue weighted by atomic mass is 35.5. The van der Waals surface area contributed by atoms with Crippen LogP contribution in [0.1, 0.15) is 29.5 Å². The second-order valence-electron chi connectivity index (χ2n) is 4.22. The van der Waals surface area contributed by atoms with Gasteiger partial charge in [0.1, 0.15) is 11.5 Å². The van der Waals surface area contributed by atoms with Crippen molar-refractivity contribution in [2.45, 2.75) is 18.4 Å². The highest BCUT2D eigenvalue weighted by Crippen LogP contribution is 2.49. The summed E-state index contributed by atoms with van der Waals surface area (Å²) in [6.45, 7) is 1.41. The molecule has 0 aliphatic heterocycles. The minimum absolute atomic E-state index is 0.292. The second kappa shape index (κ2) is 3.74. The summed E-state index contributed by atoms with van der Waals surface area (Å²) in [6.07, 6.45) is -0.365. The molecule has 0 amide bonds. The fraction of sp³-hybridized carbons (Fsp3) is 0.214. The number of alkyl halides is 1. The number of carbonyl (C=O) groups excluding carboxylic acids is 1. The minimum atomic E-state index is -0.365. The van der Waals surface area contributed by atoms with Crippen LogP contribution in [0.15, 0.2) is 36.4 Å². The molecule has 3 rings (SSSR count). The van der Waals surface area contributed by atoms with Gasteiger partial charge in [-0.3, -0.25) is 4.79 Å². The Morgan fingerprint density at radius 2 is 1.82 bits per heavy atom. The van der Waals surface area contributed by atoms with Crippen molar-refractivity contribution in [2.24, 2.45) is 0 Å². The molecule has 0 fully saturated rings. The van der Waals surface area contributed by atoms with Gasteiger partial charge in [0.25, 0.3) is 0 Å². The van der Waals surface area contributed by atoms with E-state index in [0.29, 0.717) is 0 Å². The number of hydrogen-bond acceptors (Lipinski definition) is 2. The maximum atomic E-state index is 11.1. The number of halogens is 1. The van der Waals surface area contributed by atoms with E-state index in [0.717, 1.165) is 21.9 Å². The molecule has 0 N–H and O–H groups in total. The van der Waals surface area contributed by atoms with Crippen LogP contribution in [0.4, 0.5) is 0 Å². The lowest BCUT2D eigenvalue weighted by Crippen LogP contribution is -2.09. The first kappa shape index (κ1) is 10.6. The standard InChI is InChI=1S/C14H11ClO2/c1-8(16)17-14-11-7-3-5-9-4-2-6-10(12(9)11)13(14)15/h2-7,13-14H,1H3/t13-,14-/m1/s1. The first-order valence-electron chi connectivity index (χ1n) is 5.51. The average molecular weight is 247 g/mol. The molecule has 0 radical (unpaired) electrons. The number of benzene rings is 2. The zero-order valence-electron chi connectivity index (χ0n) is 9.31. The molecule has 2 aromatic carbocycles. The van der Waals surface area contributed by atoms with Crippen LogP contribution in [0.2, 0.25) is 0 Å². The Hall–Kier alpha value is -1.54. The van der Waals surface area contributed by atoms with Gasteiger partial charge >= 0.3 is 5.97 Å². The third-order valence-corrected chi connectivity index (χ3v) is 3.60. The molecule has 2 atom stereocenters. The molecule has 86 valence electrons. The van der Waals surface area contributed by atoms with E-state index >= 15 is 0 Å². The number of hydrogen-bond donors (Lipinski definition) is 0. The topological polar surface area (TPSA) is 26.3 Å². The molecule has 0 spiro atoms. The smallest absolute Gasteiger partial charge is 0.303 e. The Morgan fingerprint density at radius 3 is 2.47 bits per heavy atom. The highest BCUT2D eigenvalue weighted by molar-refractivity contribution is 6.23. The van der Waals surface area contributed by atoms with Gasteiger partial charge < -0.3 is 4.74 Å².